The summed E-state index contributed by atoms with van der Waals surface area (Å²) in [5.74, 6) is 0. The van der Waals surface area contributed by atoms with Crippen LogP contribution < -0.4 is 0 Å². The second-order valence-corrected chi connectivity index (χ2v) is 6.70. The monoisotopic (exact) mass is 387 g/mol. The smallest absolute Gasteiger partial charge is 0.0629 e. The molecule has 3 nitrogen and oxygen atoms in total. The molecule has 0 saturated heterocycles. The highest BCUT2D eigenvalue weighted by Gasteiger charge is 1.97. The van der Waals surface area contributed by atoms with E-state index in [9.17, 15) is 0 Å². The summed E-state index contributed by atoms with van der Waals surface area (Å²) in [5.41, 5.74) is 6.09. The molecule has 0 fully saturated rings. The molecule has 3 aromatic heterocycles. The first-order chi connectivity index (χ1) is 14.8. The van der Waals surface area contributed by atoms with Crippen molar-refractivity contribution in [2.45, 2.75) is 0 Å². The molecule has 0 amide bonds. The van der Waals surface area contributed by atoms with Crippen LogP contribution in [0.15, 0.2) is 91.4 Å². The van der Waals surface area contributed by atoms with Crippen molar-refractivity contribution < 1.29 is 0 Å². The van der Waals surface area contributed by atoms with Crippen molar-refractivity contribution in [3.63, 3.8) is 0 Å². The van der Waals surface area contributed by atoms with E-state index in [-0.39, 0.29) is 0 Å². The van der Waals surface area contributed by atoms with Gasteiger partial charge < -0.3 is 0 Å². The molecular weight excluding hydrogens is 366 g/mol. The number of hydrogen-bond acceptors (Lipinski definition) is 3. The van der Waals surface area contributed by atoms with E-state index in [1.807, 2.05) is 72.8 Å². The van der Waals surface area contributed by atoms with Crippen LogP contribution in [0.3, 0.4) is 0 Å². The van der Waals surface area contributed by atoms with Gasteiger partial charge in [0, 0.05) is 18.6 Å². The minimum absolute atomic E-state index is 0.928. The van der Waals surface area contributed by atoms with Gasteiger partial charge in [0.1, 0.15) is 0 Å². The van der Waals surface area contributed by atoms with Crippen LogP contribution in [0.2, 0.25) is 0 Å². The zero-order valence-electron chi connectivity index (χ0n) is 16.5. The predicted octanol–water partition coefficient (Wildman–Crippen LogP) is 6.38. The van der Waals surface area contributed by atoms with Crippen LogP contribution in [0.5, 0.6) is 0 Å². The van der Waals surface area contributed by atoms with Crippen molar-refractivity contribution in [1.82, 2.24) is 15.0 Å². The molecule has 4 aromatic rings. The van der Waals surface area contributed by atoms with Crippen LogP contribution in [0.4, 0.5) is 0 Å². The van der Waals surface area contributed by atoms with Crippen molar-refractivity contribution >= 4 is 36.5 Å². The SMILES string of the molecule is C(=Cc1ccccn1)c1cc(C=Cc2ccccn2)cc(C=Cc2ccccn2)c1. The molecule has 0 N–H and O–H groups in total. The zero-order valence-corrected chi connectivity index (χ0v) is 16.5. The van der Waals surface area contributed by atoms with Gasteiger partial charge in [0.2, 0.25) is 0 Å². The summed E-state index contributed by atoms with van der Waals surface area (Å²) in [6, 6.07) is 24.1. The van der Waals surface area contributed by atoms with E-state index in [0.717, 1.165) is 33.8 Å². The molecule has 3 heteroatoms. The van der Waals surface area contributed by atoms with Gasteiger partial charge in [-0.25, -0.2) is 0 Å². The molecule has 0 aliphatic rings. The molecule has 0 radical (unpaired) electrons. The van der Waals surface area contributed by atoms with E-state index in [0.29, 0.717) is 0 Å². The Balaban J connectivity index is 1.65. The van der Waals surface area contributed by atoms with Crippen LogP contribution in [0.1, 0.15) is 33.8 Å². The van der Waals surface area contributed by atoms with Gasteiger partial charge in [0.25, 0.3) is 0 Å². The van der Waals surface area contributed by atoms with Gasteiger partial charge in [-0.15, -0.1) is 0 Å². The number of pyridine rings is 3. The summed E-state index contributed by atoms with van der Waals surface area (Å²) >= 11 is 0. The maximum Gasteiger partial charge on any atom is 0.0629 e. The molecule has 3 heterocycles. The summed E-state index contributed by atoms with van der Waals surface area (Å²) < 4.78 is 0. The van der Waals surface area contributed by atoms with E-state index in [4.69, 9.17) is 0 Å². The maximum absolute atomic E-state index is 4.36. The molecule has 0 aliphatic carbocycles. The Kier molecular flexibility index (Phi) is 6.34. The predicted molar refractivity (Wildman–Crippen MR) is 126 cm³/mol. The highest BCUT2D eigenvalue weighted by Crippen LogP contribution is 2.18. The number of benzene rings is 1. The third kappa shape index (κ3) is 5.69. The fourth-order valence-electron chi connectivity index (χ4n) is 2.96. The first-order valence-corrected chi connectivity index (χ1v) is 9.78. The molecule has 0 atom stereocenters. The van der Waals surface area contributed by atoms with Gasteiger partial charge in [0.15, 0.2) is 0 Å². The summed E-state index contributed by atoms with van der Waals surface area (Å²) in [5, 5.41) is 0. The van der Waals surface area contributed by atoms with Gasteiger partial charge >= 0.3 is 0 Å². The number of aromatic nitrogens is 3. The van der Waals surface area contributed by atoms with Crippen molar-refractivity contribution in [1.29, 1.82) is 0 Å². The van der Waals surface area contributed by atoms with Gasteiger partial charge in [-0.05, 0) is 89.5 Å². The van der Waals surface area contributed by atoms with Crippen molar-refractivity contribution in [3.8, 4) is 0 Å². The highest BCUT2D eigenvalue weighted by atomic mass is 14.7. The van der Waals surface area contributed by atoms with Crippen LogP contribution in [0.25, 0.3) is 36.5 Å². The van der Waals surface area contributed by atoms with Gasteiger partial charge in [-0.2, -0.15) is 0 Å². The van der Waals surface area contributed by atoms with Gasteiger partial charge in [0.05, 0.1) is 17.1 Å². The van der Waals surface area contributed by atoms with Gasteiger partial charge in [-0.1, -0.05) is 36.4 Å². The summed E-state index contributed by atoms with van der Waals surface area (Å²) in [4.78, 5) is 13.1. The van der Waals surface area contributed by atoms with E-state index in [2.05, 4.69) is 51.4 Å². The topological polar surface area (TPSA) is 38.7 Å². The van der Waals surface area contributed by atoms with Crippen LogP contribution in [-0.2, 0) is 0 Å². The Labute approximate surface area is 176 Å². The lowest BCUT2D eigenvalue weighted by molar-refractivity contribution is 1.30. The first kappa shape index (κ1) is 19.2. The maximum atomic E-state index is 4.36. The quantitative estimate of drug-likeness (QED) is 0.385. The lowest BCUT2D eigenvalue weighted by Crippen LogP contribution is -1.83. The number of hydrogen-bond donors (Lipinski definition) is 0. The number of rotatable bonds is 6. The lowest BCUT2D eigenvalue weighted by atomic mass is 10.0. The normalized spacial score (nSPS) is 11.6. The molecule has 1 aromatic carbocycles. The van der Waals surface area contributed by atoms with E-state index in [1.165, 1.54) is 0 Å². The minimum Gasteiger partial charge on any atom is -0.257 e. The fraction of sp³-hybridized carbons (Fsp3) is 0. The van der Waals surface area contributed by atoms with Crippen molar-refractivity contribution in [3.05, 3.63) is 125 Å². The average molecular weight is 387 g/mol. The average Bonchev–Trinajstić information content (AvgIpc) is 2.82. The molecule has 0 saturated carbocycles. The molecule has 0 spiro atoms. The van der Waals surface area contributed by atoms with Crippen molar-refractivity contribution in [2.24, 2.45) is 0 Å². The van der Waals surface area contributed by atoms with E-state index < -0.39 is 0 Å². The molecule has 4 rings (SSSR count). The Bertz CT molecular complexity index is 999. The Morgan fingerprint density at radius 2 is 0.733 bits per heavy atom. The third-order valence-corrected chi connectivity index (χ3v) is 4.40. The lowest BCUT2D eigenvalue weighted by Gasteiger charge is -2.03. The summed E-state index contributed by atoms with van der Waals surface area (Å²) in [6.45, 7) is 0. The second kappa shape index (κ2) is 9.89. The van der Waals surface area contributed by atoms with E-state index >= 15 is 0 Å². The highest BCUT2D eigenvalue weighted by molar-refractivity contribution is 5.77. The summed E-state index contributed by atoms with van der Waals surface area (Å²) in [7, 11) is 0. The Morgan fingerprint density at radius 1 is 0.400 bits per heavy atom. The molecule has 144 valence electrons. The van der Waals surface area contributed by atoms with Crippen LogP contribution in [0, 0.1) is 0 Å². The molecular formula is C27H21N3. The molecule has 0 unspecified atom stereocenters. The minimum atomic E-state index is 0.928. The van der Waals surface area contributed by atoms with Crippen molar-refractivity contribution in [2.75, 3.05) is 0 Å². The molecule has 0 aliphatic heterocycles. The van der Waals surface area contributed by atoms with Crippen LogP contribution >= 0.6 is 0 Å². The Hall–Kier alpha value is -4.11. The Morgan fingerprint density at radius 3 is 1.00 bits per heavy atom. The number of nitrogens with zero attached hydrogens (tertiary/aromatic N) is 3. The first-order valence-electron chi connectivity index (χ1n) is 9.78. The second-order valence-electron chi connectivity index (χ2n) is 6.70. The molecule has 30 heavy (non-hydrogen) atoms. The molecule has 0 bridgehead atoms. The third-order valence-electron chi connectivity index (χ3n) is 4.40. The summed E-state index contributed by atoms with van der Waals surface area (Å²) in [6.07, 6.45) is 17.7. The standard InChI is InChI=1S/C27H21N3/c1-4-16-28-25(7-1)13-10-22-19-23(11-14-26-8-2-5-17-29-26)21-24(20-22)12-15-27-9-3-6-18-30-27/h1-21H. The van der Waals surface area contributed by atoms with E-state index in [1.54, 1.807) is 18.6 Å². The zero-order chi connectivity index (χ0) is 20.4. The largest absolute Gasteiger partial charge is 0.257 e. The van der Waals surface area contributed by atoms with Crippen LogP contribution in [-0.4, -0.2) is 15.0 Å². The fourth-order valence-corrected chi connectivity index (χ4v) is 2.96. The van der Waals surface area contributed by atoms with Gasteiger partial charge in [-0.3, -0.25) is 15.0 Å².